The van der Waals surface area contributed by atoms with Crippen LogP contribution in [0.25, 0.3) is 0 Å². The summed E-state index contributed by atoms with van der Waals surface area (Å²) in [5, 5.41) is 9.22. The lowest BCUT2D eigenvalue weighted by Crippen LogP contribution is -2.30. The second-order valence-corrected chi connectivity index (χ2v) is 4.87. The lowest BCUT2D eigenvalue weighted by atomic mass is 9.99. The third-order valence-corrected chi connectivity index (χ3v) is 3.49. The fourth-order valence-corrected chi connectivity index (χ4v) is 2.37. The van der Waals surface area contributed by atoms with Gasteiger partial charge in [0.2, 0.25) is 0 Å². The van der Waals surface area contributed by atoms with E-state index in [1.165, 1.54) is 0 Å². The van der Waals surface area contributed by atoms with Crippen LogP contribution < -0.4 is 4.90 Å². The number of anilines is 1. The van der Waals surface area contributed by atoms with Crippen LogP contribution in [0.3, 0.4) is 0 Å². The SMILES string of the molecule is Cc1ccnc(N(C)CC2CCOCC2)c1C#N. The minimum atomic E-state index is 0.637. The predicted octanol–water partition coefficient (Wildman–Crippen LogP) is 2.12. The van der Waals surface area contributed by atoms with E-state index in [4.69, 9.17) is 4.74 Å². The predicted molar refractivity (Wildman–Crippen MR) is 70.5 cm³/mol. The summed E-state index contributed by atoms with van der Waals surface area (Å²) in [6, 6.07) is 4.13. The van der Waals surface area contributed by atoms with E-state index >= 15 is 0 Å². The van der Waals surface area contributed by atoms with Gasteiger partial charge in [0, 0.05) is 33.0 Å². The summed E-state index contributed by atoms with van der Waals surface area (Å²) >= 11 is 0. The number of rotatable bonds is 3. The molecule has 0 radical (unpaired) electrons. The zero-order valence-corrected chi connectivity index (χ0v) is 11.0. The Bertz CT molecular complexity index is 447. The molecule has 0 atom stereocenters. The number of pyridine rings is 1. The molecule has 0 N–H and O–H groups in total. The molecule has 18 heavy (non-hydrogen) atoms. The molecular formula is C14H19N3O. The fraction of sp³-hybridized carbons (Fsp3) is 0.571. The van der Waals surface area contributed by atoms with Gasteiger partial charge in [0.1, 0.15) is 11.9 Å². The Hall–Kier alpha value is -1.60. The van der Waals surface area contributed by atoms with Crippen LogP contribution in [0.15, 0.2) is 12.3 Å². The van der Waals surface area contributed by atoms with Crippen LogP contribution in [-0.4, -0.2) is 31.8 Å². The molecule has 1 aromatic heterocycles. The highest BCUT2D eigenvalue weighted by atomic mass is 16.5. The molecule has 0 aromatic carbocycles. The van der Waals surface area contributed by atoms with Crippen molar-refractivity contribution >= 4 is 5.82 Å². The molecule has 4 heteroatoms. The van der Waals surface area contributed by atoms with Gasteiger partial charge in [0.25, 0.3) is 0 Å². The summed E-state index contributed by atoms with van der Waals surface area (Å²) in [7, 11) is 2.01. The van der Waals surface area contributed by atoms with Gasteiger partial charge in [-0.2, -0.15) is 5.26 Å². The molecule has 1 aliphatic rings. The molecule has 0 aliphatic carbocycles. The van der Waals surface area contributed by atoms with Gasteiger partial charge in [-0.05, 0) is 37.3 Å². The monoisotopic (exact) mass is 245 g/mol. The van der Waals surface area contributed by atoms with Crippen LogP contribution in [0.1, 0.15) is 24.0 Å². The van der Waals surface area contributed by atoms with Crippen molar-refractivity contribution in [1.82, 2.24) is 4.98 Å². The largest absolute Gasteiger partial charge is 0.381 e. The quantitative estimate of drug-likeness (QED) is 0.818. The van der Waals surface area contributed by atoms with Crippen molar-refractivity contribution in [2.75, 3.05) is 31.7 Å². The highest BCUT2D eigenvalue weighted by Crippen LogP contribution is 2.22. The zero-order chi connectivity index (χ0) is 13.0. The second kappa shape index (κ2) is 5.83. The molecule has 2 heterocycles. The number of ether oxygens (including phenoxy) is 1. The van der Waals surface area contributed by atoms with Crippen molar-refractivity contribution in [1.29, 1.82) is 5.26 Å². The van der Waals surface area contributed by atoms with Gasteiger partial charge >= 0.3 is 0 Å². The molecular weight excluding hydrogens is 226 g/mol. The summed E-state index contributed by atoms with van der Waals surface area (Å²) in [5.41, 5.74) is 1.67. The van der Waals surface area contributed by atoms with E-state index in [-0.39, 0.29) is 0 Å². The van der Waals surface area contributed by atoms with Crippen molar-refractivity contribution < 1.29 is 4.74 Å². The van der Waals surface area contributed by atoms with Crippen LogP contribution in [-0.2, 0) is 4.74 Å². The summed E-state index contributed by atoms with van der Waals surface area (Å²) in [6.07, 6.45) is 3.96. The van der Waals surface area contributed by atoms with Gasteiger partial charge in [0.05, 0.1) is 5.56 Å². The Balaban J connectivity index is 2.11. The lowest BCUT2D eigenvalue weighted by molar-refractivity contribution is 0.0685. The topological polar surface area (TPSA) is 49.2 Å². The third kappa shape index (κ3) is 2.80. The van der Waals surface area contributed by atoms with E-state index in [2.05, 4.69) is 16.0 Å². The summed E-state index contributed by atoms with van der Waals surface area (Å²) in [6.45, 7) is 4.59. The van der Waals surface area contributed by atoms with E-state index in [0.29, 0.717) is 11.5 Å². The summed E-state index contributed by atoms with van der Waals surface area (Å²) in [5.74, 6) is 1.43. The number of hydrogen-bond acceptors (Lipinski definition) is 4. The van der Waals surface area contributed by atoms with Crippen molar-refractivity contribution in [3.05, 3.63) is 23.4 Å². The van der Waals surface area contributed by atoms with Crippen LogP contribution in [0.4, 0.5) is 5.82 Å². The summed E-state index contributed by atoms with van der Waals surface area (Å²) < 4.78 is 5.36. The van der Waals surface area contributed by atoms with Gasteiger partial charge < -0.3 is 9.64 Å². The van der Waals surface area contributed by atoms with Gasteiger partial charge in [0.15, 0.2) is 0 Å². The van der Waals surface area contributed by atoms with Crippen LogP contribution in [0.5, 0.6) is 0 Å². The maximum atomic E-state index is 9.22. The molecule has 0 saturated carbocycles. The average Bonchev–Trinajstić information content (AvgIpc) is 2.39. The van der Waals surface area contributed by atoms with Crippen molar-refractivity contribution in [3.8, 4) is 6.07 Å². The molecule has 0 spiro atoms. The van der Waals surface area contributed by atoms with Gasteiger partial charge in [-0.3, -0.25) is 0 Å². The minimum absolute atomic E-state index is 0.637. The number of aromatic nitrogens is 1. The highest BCUT2D eigenvalue weighted by Gasteiger charge is 2.18. The van der Waals surface area contributed by atoms with E-state index < -0.39 is 0 Å². The first-order chi connectivity index (χ1) is 8.72. The Morgan fingerprint density at radius 2 is 2.22 bits per heavy atom. The molecule has 4 nitrogen and oxygen atoms in total. The second-order valence-electron chi connectivity index (χ2n) is 4.87. The molecule has 0 amide bonds. The van der Waals surface area contributed by atoms with Crippen molar-refractivity contribution in [2.24, 2.45) is 5.92 Å². The Morgan fingerprint density at radius 1 is 1.50 bits per heavy atom. The standard InChI is InChI=1S/C14H19N3O/c1-11-3-6-16-14(13(11)9-15)17(2)10-12-4-7-18-8-5-12/h3,6,12H,4-5,7-8,10H2,1-2H3. The molecule has 0 bridgehead atoms. The smallest absolute Gasteiger partial charge is 0.146 e. The fourth-order valence-electron chi connectivity index (χ4n) is 2.37. The van der Waals surface area contributed by atoms with E-state index in [9.17, 15) is 5.26 Å². The van der Waals surface area contributed by atoms with Gasteiger partial charge in [-0.15, -0.1) is 0 Å². The number of nitriles is 1. The molecule has 1 saturated heterocycles. The molecule has 2 rings (SSSR count). The first kappa shape index (κ1) is 12.8. The van der Waals surface area contributed by atoms with Crippen LogP contribution >= 0.6 is 0 Å². The number of nitrogens with zero attached hydrogens (tertiary/aromatic N) is 3. The number of aryl methyl sites for hydroxylation is 1. The van der Waals surface area contributed by atoms with Gasteiger partial charge in [-0.25, -0.2) is 4.98 Å². The number of hydrogen-bond donors (Lipinski definition) is 0. The summed E-state index contributed by atoms with van der Waals surface area (Å²) in [4.78, 5) is 6.45. The molecule has 1 aromatic rings. The van der Waals surface area contributed by atoms with E-state index in [1.807, 2.05) is 20.0 Å². The maximum absolute atomic E-state index is 9.22. The first-order valence-electron chi connectivity index (χ1n) is 6.37. The molecule has 1 aliphatic heterocycles. The minimum Gasteiger partial charge on any atom is -0.381 e. The lowest BCUT2D eigenvalue weighted by Gasteiger charge is -2.28. The Morgan fingerprint density at radius 3 is 2.89 bits per heavy atom. The molecule has 1 fully saturated rings. The zero-order valence-electron chi connectivity index (χ0n) is 11.0. The Kier molecular flexibility index (Phi) is 4.16. The maximum Gasteiger partial charge on any atom is 0.146 e. The normalized spacial score (nSPS) is 16.3. The van der Waals surface area contributed by atoms with Crippen molar-refractivity contribution in [2.45, 2.75) is 19.8 Å². The van der Waals surface area contributed by atoms with Crippen LogP contribution in [0, 0.1) is 24.2 Å². The van der Waals surface area contributed by atoms with E-state index in [1.54, 1.807) is 6.20 Å². The van der Waals surface area contributed by atoms with Crippen molar-refractivity contribution in [3.63, 3.8) is 0 Å². The van der Waals surface area contributed by atoms with E-state index in [0.717, 1.165) is 44.0 Å². The highest BCUT2D eigenvalue weighted by molar-refractivity contribution is 5.56. The van der Waals surface area contributed by atoms with Gasteiger partial charge in [-0.1, -0.05) is 0 Å². The van der Waals surface area contributed by atoms with Crippen LogP contribution in [0.2, 0.25) is 0 Å². The molecule has 0 unspecified atom stereocenters. The molecule has 96 valence electrons. The Labute approximate surface area is 108 Å². The average molecular weight is 245 g/mol. The first-order valence-corrected chi connectivity index (χ1v) is 6.37. The third-order valence-electron chi connectivity index (χ3n) is 3.49.